The second-order valence-corrected chi connectivity index (χ2v) is 15.5. The first-order valence-electron chi connectivity index (χ1n) is 14.6. The Morgan fingerprint density at radius 2 is 1.21 bits per heavy atom. The van der Waals surface area contributed by atoms with Crippen LogP contribution in [0.4, 0.5) is 11.4 Å². The predicted octanol–water partition coefficient (Wildman–Crippen LogP) is 10.6. The molecule has 0 spiro atoms. The zero-order chi connectivity index (χ0) is 28.7. The molecular weight excluding hydrogens is 525 g/mol. The van der Waals surface area contributed by atoms with Crippen LogP contribution >= 0.6 is 0 Å². The fraction of sp³-hybridized carbons (Fsp3) is 0.559. The van der Waals surface area contributed by atoms with Gasteiger partial charge in [0, 0.05) is 0 Å². The topological polar surface area (TPSA) is 24.8 Å². The summed E-state index contributed by atoms with van der Waals surface area (Å²) in [6.07, 6.45) is 3.55. The summed E-state index contributed by atoms with van der Waals surface area (Å²) in [7, 11) is 0. The molecule has 0 bridgehead atoms. The molecule has 0 aliphatic carbocycles. The summed E-state index contributed by atoms with van der Waals surface area (Å²) in [5, 5.41) is 0. The van der Waals surface area contributed by atoms with Crippen molar-refractivity contribution in [2.45, 2.75) is 125 Å². The number of nitrogens with zero attached hydrogens (tertiary/aromatic N) is 2. The zero-order valence-corrected chi connectivity index (χ0v) is 28.5. The maximum atomic E-state index is 6.72. The van der Waals surface area contributed by atoms with Crippen LogP contribution in [0.25, 0.3) is 0 Å². The molecule has 209 valence electrons. The number of aliphatic imine (C=N–C) groups is 1. The third-order valence-electron chi connectivity index (χ3n) is 7.23. The van der Waals surface area contributed by atoms with Crippen LogP contribution in [0.5, 0.6) is 0 Å². The van der Waals surface area contributed by atoms with Gasteiger partial charge in [0.25, 0.3) is 0 Å². The van der Waals surface area contributed by atoms with Crippen molar-refractivity contribution in [3.63, 3.8) is 0 Å². The van der Waals surface area contributed by atoms with Crippen LogP contribution in [0.1, 0.15) is 135 Å². The van der Waals surface area contributed by atoms with E-state index in [4.69, 9.17) is 8.76 Å². The van der Waals surface area contributed by atoms with E-state index in [1.54, 1.807) is 0 Å². The van der Waals surface area contributed by atoms with Crippen molar-refractivity contribution in [1.82, 2.24) is 0 Å². The van der Waals surface area contributed by atoms with Gasteiger partial charge in [-0.1, -0.05) is 0 Å². The summed E-state index contributed by atoms with van der Waals surface area (Å²) in [6.45, 7) is 27.0. The first kappa shape index (κ1) is 32.4. The molecular formula is C34H53GeN2O. The van der Waals surface area contributed by atoms with Gasteiger partial charge in [0.1, 0.15) is 0 Å². The van der Waals surface area contributed by atoms with Gasteiger partial charge in [0.15, 0.2) is 0 Å². The van der Waals surface area contributed by atoms with Crippen molar-refractivity contribution in [2.24, 2.45) is 4.99 Å². The number of hydrogen-bond acceptors (Lipinski definition) is 3. The molecule has 4 heteroatoms. The minimum atomic E-state index is -2.14. The molecule has 0 heterocycles. The van der Waals surface area contributed by atoms with Gasteiger partial charge >= 0.3 is 240 Å². The summed E-state index contributed by atoms with van der Waals surface area (Å²) < 4.78 is 9.30. The van der Waals surface area contributed by atoms with Crippen LogP contribution in [0, 0.1) is 0 Å². The van der Waals surface area contributed by atoms with E-state index in [1.165, 1.54) is 33.6 Å². The quantitative estimate of drug-likeness (QED) is 0.185. The van der Waals surface area contributed by atoms with Crippen molar-refractivity contribution in [3.8, 4) is 0 Å². The Hall–Kier alpha value is -1.85. The van der Waals surface area contributed by atoms with Crippen molar-refractivity contribution >= 4 is 32.0 Å². The van der Waals surface area contributed by atoms with E-state index in [0.717, 1.165) is 17.8 Å². The van der Waals surface area contributed by atoms with Crippen molar-refractivity contribution in [1.29, 1.82) is 0 Å². The molecule has 3 nitrogen and oxygen atoms in total. The number of rotatable bonds is 12. The number of allylic oxidation sites excluding steroid dienone is 2. The van der Waals surface area contributed by atoms with Gasteiger partial charge in [-0.2, -0.15) is 0 Å². The Balaban J connectivity index is 2.75. The van der Waals surface area contributed by atoms with Gasteiger partial charge in [-0.05, 0) is 0 Å². The van der Waals surface area contributed by atoms with E-state index in [1.807, 2.05) is 0 Å². The summed E-state index contributed by atoms with van der Waals surface area (Å²) in [4.78, 5) is 5.26. The number of hydrogen-bond donors (Lipinski definition) is 0. The second kappa shape index (κ2) is 14.5. The minimum absolute atomic E-state index is 0.250. The molecule has 1 radical (unpaired) electrons. The number of anilines is 1. The molecule has 0 saturated carbocycles. The Morgan fingerprint density at radius 3 is 1.61 bits per heavy atom. The van der Waals surface area contributed by atoms with Crippen molar-refractivity contribution in [3.05, 3.63) is 70.4 Å². The third kappa shape index (κ3) is 8.08. The molecule has 2 rings (SSSR count). The second-order valence-electron chi connectivity index (χ2n) is 11.9. The Bertz CT molecular complexity index is 1060. The van der Waals surface area contributed by atoms with Crippen molar-refractivity contribution in [2.75, 3.05) is 3.86 Å². The fourth-order valence-corrected chi connectivity index (χ4v) is 9.17. The van der Waals surface area contributed by atoms with Gasteiger partial charge in [-0.15, -0.1) is 0 Å². The van der Waals surface area contributed by atoms with Crippen LogP contribution in [-0.4, -0.2) is 26.7 Å². The first-order chi connectivity index (χ1) is 17.8. The Labute approximate surface area is 239 Å². The molecule has 2 aromatic carbocycles. The van der Waals surface area contributed by atoms with E-state index in [-0.39, 0.29) is 6.10 Å². The van der Waals surface area contributed by atoms with Crippen LogP contribution in [0.2, 0.25) is 5.76 Å². The molecule has 0 unspecified atom stereocenters. The van der Waals surface area contributed by atoms with Gasteiger partial charge in [-0.25, -0.2) is 0 Å². The normalized spacial score (nSPS) is 13.9. The van der Waals surface area contributed by atoms with Gasteiger partial charge in [-0.3, -0.25) is 0 Å². The number of para-hydroxylation sites is 2. The molecule has 0 amide bonds. The Kier molecular flexibility index (Phi) is 12.4. The fourth-order valence-electron chi connectivity index (χ4n) is 5.00. The van der Waals surface area contributed by atoms with Crippen LogP contribution in [0.3, 0.4) is 0 Å². The molecule has 0 aliphatic heterocycles. The van der Waals surface area contributed by atoms with E-state index in [2.05, 4.69) is 135 Å². The summed E-state index contributed by atoms with van der Waals surface area (Å²) >= 11 is -2.14. The molecule has 0 fully saturated rings. The van der Waals surface area contributed by atoms with Gasteiger partial charge in [0.2, 0.25) is 0 Å². The third-order valence-corrected chi connectivity index (χ3v) is 11.3. The summed E-state index contributed by atoms with van der Waals surface area (Å²) in [5.41, 5.74) is 10.2. The molecule has 0 N–H and O–H groups in total. The van der Waals surface area contributed by atoms with E-state index in [9.17, 15) is 0 Å². The van der Waals surface area contributed by atoms with E-state index in [0.29, 0.717) is 23.7 Å². The van der Waals surface area contributed by atoms with Gasteiger partial charge in [0.05, 0.1) is 0 Å². The molecule has 0 aromatic heterocycles. The standard InChI is InChI=1S/C34H53GeN2O/c1-14-28(12)38-35(13)37(34-31(24(6)7)19-16-20-32(34)25(8)9)27(11)21-26(10)36-33-29(22(2)3)17-15-18-30(33)23(4)5/h15-25,28H,14H2,1-13H3/b27-21-,36-26?/t28-/m1/s1. The monoisotopic (exact) mass is 579 g/mol. The van der Waals surface area contributed by atoms with E-state index >= 15 is 0 Å². The average Bonchev–Trinajstić information content (AvgIpc) is 2.83. The molecule has 1 atom stereocenters. The van der Waals surface area contributed by atoms with E-state index < -0.39 is 14.9 Å². The Morgan fingerprint density at radius 1 is 0.789 bits per heavy atom. The molecule has 0 aliphatic rings. The summed E-state index contributed by atoms with van der Waals surface area (Å²) in [5.74, 6) is 4.05. The first-order valence-corrected chi connectivity index (χ1v) is 18.5. The van der Waals surface area contributed by atoms with Crippen LogP contribution in [0.15, 0.2) is 53.2 Å². The molecule has 2 aromatic rings. The zero-order valence-electron chi connectivity index (χ0n) is 26.4. The van der Waals surface area contributed by atoms with Crippen LogP contribution in [-0.2, 0) is 3.76 Å². The SMILES string of the molecule is CC[C@@H](C)[O][Ge]([CH3])[N](/C(C)=C\C(C)=Nc1c(C(C)C)cccc1C(C)C)c1c(C(C)C)cccc1C(C)C. The predicted molar refractivity (Wildman–Crippen MR) is 171 cm³/mol. The summed E-state index contributed by atoms with van der Waals surface area (Å²) in [6, 6.07) is 13.5. The van der Waals surface area contributed by atoms with Gasteiger partial charge < -0.3 is 0 Å². The van der Waals surface area contributed by atoms with Crippen LogP contribution < -0.4 is 3.86 Å². The number of benzene rings is 2. The maximum absolute atomic E-state index is 6.72. The van der Waals surface area contributed by atoms with Crippen molar-refractivity contribution < 1.29 is 3.76 Å². The molecule has 38 heavy (non-hydrogen) atoms. The molecule has 0 saturated heterocycles. The average molecular weight is 578 g/mol.